The fraction of sp³-hybridized carbons (Fsp3) is 0.182. The van der Waals surface area contributed by atoms with E-state index in [9.17, 15) is 9.59 Å². The van der Waals surface area contributed by atoms with E-state index in [1.54, 1.807) is 10.9 Å². The third-order valence-corrected chi connectivity index (χ3v) is 4.73. The molecule has 1 aromatic heterocycles. The third-order valence-electron chi connectivity index (χ3n) is 4.73. The number of hydrogen-bond donors (Lipinski definition) is 1. The molecule has 0 fully saturated rings. The topological polar surface area (TPSA) is 105 Å². The molecule has 29 heavy (non-hydrogen) atoms. The van der Waals surface area contributed by atoms with E-state index in [0.717, 1.165) is 39.6 Å². The molecule has 3 rings (SSSR count). The van der Waals surface area contributed by atoms with Crippen LogP contribution < -0.4 is 5.73 Å². The normalized spacial score (nSPS) is 10.5. The van der Waals surface area contributed by atoms with Gasteiger partial charge in [0.2, 0.25) is 12.3 Å². The lowest BCUT2D eigenvalue weighted by atomic mass is 9.95. The Balaban J connectivity index is 2.04. The fourth-order valence-corrected chi connectivity index (χ4v) is 3.31. The van der Waals surface area contributed by atoms with Crippen LogP contribution in [0.25, 0.3) is 22.0 Å². The number of fused-ring (bicyclic) bond motifs is 1. The minimum absolute atomic E-state index is 0.00280. The van der Waals surface area contributed by atoms with Gasteiger partial charge in [0.05, 0.1) is 24.3 Å². The summed E-state index contributed by atoms with van der Waals surface area (Å²) in [5.74, 6) is -0.462. The first-order valence-electron chi connectivity index (χ1n) is 9.03. The smallest absolute Gasteiger partial charge is 0.239 e. The standard InChI is InChI=1S/C22H21N5O2/c1-15(9-23)11-26(14-28)12-20-16(2)4-3-5-19(20)17-6-7-18-10-25-27(13-22(24)29)21(18)8-17/h3-8,10,14H,1,11-13H2,2H3,(H2,24,29). The summed E-state index contributed by atoms with van der Waals surface area (Å²) in [7, 11) is 0. The molecule has 0 spiro atoms. The largest absolute Gasteiger partial charge is 0.368 e. The van der Waals surface area contributed by atoms with Crippen molar-refractivity contribution in [1.29, 1.82) is 5.26 Å². The maximum atomic E-state index is 11.5. The second-order valence-electron chi connectivity index (χ2n) is 6.87. The first-order chi connectivity index (χ1) is 13.9. The number of benzene rings is 2. The summed E-state index contributed by atoms with van der Waals surface area (Å²) in [6.45, 7) is 6.17. The Labute approximate surface area is 168 Å². The number of primary amides is 1. The number of nitrogens with two attached hydrogens (primary N) is 1. The van der Waals surface area contributed by atoms with Crippen LogP contribution in [0.3, 0.4) is 0 Å². The van der Waals surface area contributed by atoms with Crippen molar-refractivity contribution < 1.29 is 9.59 Å². The highest BCUT2D eigenvalue weighted by Gasteiger charge is 2.14. The molecule has 0 atom stereocenters. The van der Waals surface area contributed by atoms with Gasteiger partial charge in [-0.2, -0.15) is 10.4 Å². The Kier molecular flexibility index (Phi) is 5.74. The summed E-state index contributed by atoms with van der Waals surface area (Å²) in [5, 5.41) is 14.1. The number of rotatable bonds is 8. The molecule has 0 aliphatic heterocycles. The van der Waals surface area contributed by atoms with Crippen molar-refractivity contribution in [1.82, 2.24) is 14.7 Å². The molecule has 0 unspecified atom stereocenters. The SMILES string of the molecule is C=C(C#N)CN(C=O)Cc1c(C)cccc1-c1ccc2cnn(CC(N)=O)c2c1. The predicted molar refractivity (Wildman–Crippen MR) is 110 cm³/mol. The quantitative estimate of drug-likeness (QED) is 0.473. The van der Waals surface area contributed by atoms with Crippen LogP contribution in [-0.4, -0.2) is 33.5 Å². The van der Waals surface area contributed by atoms with Crippen LogP contribution in [0.5, 0.6) is 0 Å². The van der Waals surface area contributed by atoms with Gasteiger partial charge in [-0.1, -0.05) is 36.9 Å². The molecule has 0 radical (unpaired) electrons. The fourth-order valence-electron chi connectivity index (χ4n) is 3.31. The zero-order chi connectivity index (χ0) is 21.0. The van der Waals surface area contributed by atoms with Crippen LogP contribution in [0.2, 0.25) is 0 Å². The summed E-state index contributed by atoms with van der Waals surface area (Å²) >= 11 is 0. The van der Waals surface area contributed by atoms with Crippen molar-refractivity contribution in [2.45, 2.75) is 20.0 Å². The summed E-state index contributed by atoms with van der Waals surface area (Å²) < 4.78 is 1.57. The highest BCUT2D eigenvalue weighted by Crippen LogP contribution is 2.30. The second kappa shape index (κ2) is 8.40. The molecule has 2 aromatic carbocycles. The summed E-state index contributed by atoms with van der Waals surface area (Å²) in [6.07, 6.45) is 2.42. The summed E-state index contributed by atoms with van der Waals surface area (Å²) in [4.78, 5) is 24.4. The second-order valence-corrected chi connectivity index (χ2v) is 6.87. The molecule has 3 aromatic rings. The van der Waals surface area contributed by atoms with Crippen molar-refractivity contribution in [3.63, 3.8) is 0 Å². The molecule has 2 amide bonds. The van der Waals surface area contributed by atoms with E-state index in [2.05, 4.69) is 11.7 Å². The monoisotopic (exact) mass is 387 g/mol. The van der Waals surface area contributed by atoms with Crippen LogP contribution in [0.15, 0.2) is 54.7 Å². The molecule has 7 nitrogen and oxygen atoms in total. The van der Waals surface area contributed by atoms with Crippen LogP contribution in [0.4, 0.5) is 0 Å². The molecular weight excluding hydrogens is 366 g/mol. The number of carbonyl (C=O) groups is 2. The van der Waals surface area contributed by atoms with Crippen LogP contribution in [0, 0.1) is 18.3 Å². The number of aryl methyl sites for hydroxylation is 1. The third kappa shape index (κ3) is 4.33. The van der Waals surface area contributed by atoms with E-state index in [1.807, 2.05) is 49.4 Å². The molecule has 0 saturated carbocycles. The summed E-state index contributed by atoms with van der Waals surface area (Å²) in [6, 6.07) is 13.8. The lowest BCUT2D eigenvalue weighted by Gasteiger charge is -2.21. The van der Waals surface area contributed by atoms with Gasteiger partial charge in [0, 0.05) is 17.5 Å². The average molecular weight is 387 g/mol. The van der Waals surface area contributed by atoms with Crippen LogP contribution in [0.1, 0.15) is 11.1 Å². The van der Waals surface area contributed by atoms with E-state index < -0.39 is 5.91 Å². The molecule has 0 aliphatic rings. The van der Waals surface area contributed by atoms with Gasteiger partial charge >= 0.3 is 0 Å². The van der Waals surface area contributed by atoms with Crippen LogP contribution >= 0.6 is 0 Å². The molecule has 7 heteroatoms. The molecule has 146 valence electrons. The van der Waals surface area contributed by atoms with Gasteiger partial charge < -0.3 is 10.6 Å². The van der Waals surface area contributed by atoms with Crippen molar-refractivity contribution in [3.8, 4) is 17.2 Å². The molecule has 1 heterocycles. The minimum Gasteiger partial charge on any atom is -0.368 e. The van der Waals surface area contributed by atoms with Crippen molar-refractivity contribution in [2.75, 3.05) is 6.54 Å². The number of nitrogens with zero attached hydrogens (tertiary/aromatic N) is 4. The lowest BCUT2D eigenvalue weighted by molar-refractivity contribution is -0.119. The molecule has 2 N–H and O–H groups in total. The number of carbonyl (C=O) groups excluding carboxylic acids is 2. The highest BCUT2D eigenvalue weighted by molar-refractivity contribution is 5.86. The van der Waals surface area contributed by atoms with E-state index in [-0.39, 0.29) is 13.1 Å². The Bertz CT molecular complexity index is 1140. The zero-order valence-electron chi connectivity index (χ0n) is 16.1. The molecule has 0 aliphatic carbocycles. The number of nitriles is 1. The van der Waals surface area contributed by atoms with Gasteiger partial charge in [0.25, 0.3) is 0 Å². The maximum Gasteiger partial charge on any atom is 0.239 e. The number of amides is 2. The van der Waals surface area contributed by atoms with Gasteiger partial charge in [0.1, 0.15) is 6.54 Å². The lowest BCUT2D eigenvalue weighted by Crippen LogP contribution is -2.24. The number of hydrogen-bond acceptors (Lipinski definition) is 4. The van der Waals surface area contributed by atoms with Gasteiger partial charge in [-0.25, -0.2) is 0 Å². The van der Waals surface area contributed by atoms with Gasteiger partial charge in [0.15, 0.2) is 0 Å². The first kappa shape index (κ1) is 19.8. The Morgan fingerprint density at radius 3 is 2.86 bits per heavy atom. The average Bonchev–Trinajstić information content (AvgIpc) is 3.10. The van der Waals surface area contributed by atoms with Gasteiger partial charge in [-0.3, -0.25) is 14.3 Å². The van der Waals surface area contributed by atoms with E-state index >= 15 is 0 Å². The Morgan fingerprint density at radius 1 is 1.38 bits per heavy atom. The van der Waals surface area contributed by atoms with Crippen molar-refractivity contribution in [3.05, 3.63) is 65.9 Å². The van der Waals surface area contributed by atoms with Gasteiger partial charge in [-0.05, 0) is 35.2 Å². The predicted octanol–water partition coefficient (Wildman–Crippen LogP) is 2.54. The molecule has 0 saturated heterocycles. The zero-order valence-corrected chi connectivity index (χ0v) is 16.1. The first-order valence-corrected chi connectivity index (χ1v) is 9.03. The van der Waals surface area contributed by atoms with Crippen molar-refractivity contribution >= 4 is 23.2 Å². The molecular formula is C22H21N5O2. The Morgan fingerprint density at radius 2 is 2.17 bits per heavy atom. The van der Waals surface area contributed by atoms with E-state index in [4.69, 9.17) is 11.0 Å². The van der Waals surface area contributed by atoms with E-state index in [1.165, 1.54) is 4.90 Å². The van der Waals surface area contributed by atoms with E-state index in [0.29, 0.717) is 12.1 Å². The molecule has 0 bridgehead atoms. The van der Waals surface area contributed by atoms with Crippen molar-refractivity contribution in [2.24, 2.45) is 5.73 Å². The number of aromatic nitrogens is 2. The van der Waals surface area contributed by atoms with Crippen LogP contribution in [-0.2, 0) is 22.7 Å². The minimum atomic E-state index is -0.462. The summed E-state index contributed by atoms with van der Waals surface area (Å²) in [5.41, 5.74) is 10.4. The Hall–Kier alpha value is -3.92. The highest BCUT2D eigenvalue weighted by atomic mass is 16.1. The van der Waals surface area contributed by atoms with Gasteiger partial charge in [-0.15, -0.1) is 0 Å². The maximum absolute atomic E-state index is 11.5.